The SMILES string of the molecule is O=C(c1cccc(Cl)c1)N1C[C@H]2C[C@@H](Oc3ccc4c(c3)OCO4)[C@H](O)C[C@H]2C1. The normalized spacial score (nSPS) is 27.6. The number of fused-ring (bicyclic) bond motifs is 2. The van der Waals surface area contributed by atoms with Crippen molar-refractivity contribution in [2.75, 3.05) is 19.9 Å². The number of aliphatic hydroxyl groups excluding tert-OH is 1. The van der Waals surface area contributed by atoms with E-state index in [1.807, 2.05) is 17.0 Å². The van der Waals surface area contributed by atoms with Gasteiger partial charge in [0.05, 0.1) is 6.10 Å². The van der Waals surface area contributed by atoms with E-state index in [9.17, 15) is 9.90 Å². The first-order chi connectivity index (χ1) is 14.1. The van der Waals surface area contributed by atoms with Crippen molar-refractivity contribution in [1.82, 2.24) is 4.90 Å². The van der Waals surface area contributed by atoms with E-state index in [2.05, 4.69) is 0 Å². The van der Waals surface area contributed by atoms with Crippen LogP contribution in [0.1, 0.15) is 23.2 Å². The van der Waals surface area contributed by atoms with Crippen LogP contribution in [0.5, 0.6) is 17.2 Å². The van der Waals surface area contributed by atoms with Gasteiger partial charge in [0.2, 0.25) is 6.79 Å². The van der Waals surface area contributed by atoms with E-state index < -0.39 is 6.10 Å². The first kappa shape index (κ1) is 18.6. The minimum atomic E-state index is -0.567. The molecule has 1 amide bonds. The Morgan fingerprint density at radius 2 is 1.86 bits per heavy atom. The zero-order valence-electron chi connectivity index (χ0n) is 15.8. The Labute approximate surface area is 173 Å². The number of ether oxygens (including phenoxy) is 3. The summed E-state index contributed by atoms with van der Waals surface area (Å²) in [5, 5.41) is 11.2. The fourth-order valence-electron chi connectivity index (χ4n) is 4.61. The van der Waals surface area contributed by atoms with E-state index in [1.54, 1.807) is 30.3 Å². The summed E-state index contributed by atoms with van der Waals surface area (Å²) in [5.41, 5.74) is 0.602. The molecule has 2 aromatic rings. The highest BCUT2D eigenvalue weighted by atomic mass is 35.5. The van der Waals surface area contributed by atoms with Gasteiger partial charge in [0.15, 0.2) is 11.5 Å². The number of aliphatic hydroxyl groups is 1. The monoisotopic (exact) mass is 415 g/mol. The first-order valence-corrected chi connectivity index (χ1v) is 10.2. The Morgan fingerprint density at radius 3 is 2.69 bits per heavy atom. The van der Waals surface area contributed by atoms with Crippen LogP contribution in [0.3, 0.4) is 0 Å². The maximum absolute atomic E-state index is 12.9. The van der Waals surface area contributed by atoms with Crippen molar-refractivity contribution in [3.8, 4) is 17.2 Å². The molecular weight excluding hydrogens is 394 g/mol. The van der Waals surface area contributed by atoms with Crippen LogP contribution in [0.25, 0.3) is 0 Å². The Balaban J connectivity index is 1.26. The highest BCUT2D eigenvalue weighted by molar-refractivity contribution is 6.30. The van der Waals surface area contributed by atoms with Crippen LogP contribution in [0, 0.1) is 11.8 Å². The van der Waals surface area contributed by atoms with E-state index in [0.717, 1.165) is 0 Å². The molecule has 5 rings (SSSR count). The number of hydrogen-bond donors (Lipinski definition) is 1. The summed E-state index contributed by atoms with van der Waals surface area (Å²) in [6.45, 7) is 1.54. The van der Waals surface area contributed by atoms with Crippen molar-refractivity contribution >= 4 is 17.5 Å². The summed E-state index contributed by atoms with van der Waals surface area (Å²) < 4.78 is 16.8. The molecule has 1 N–H and O–H groups in total. The van der Waals surface area contributed by atoms with Gasteiger partial charge in [0.25, 0.3) is 5.91 Å². The number of halogens is 1. The molecule has 2 aliphatic heterocycles. The summed E-state index contributed by atoms with van der Waals surface area (Å²) in [7, 11) is 0. The summed E-state index contributed by atoms with van der Waals surface area (Å²) in [6.07, 6.45) is 0.458. The fourth-order valence-corrected chi connectivity index (χ4v) is 4.80. The Kier molecular flexibility index (Phi) is 4.76. The molecule has 7 heteroatoms. The third kappa shape index (κ3) is 3.63. The highest BCUT2D eigenvalue weighted by Crippen LogP contribution is 2.40. The van der Waals surface area contributed by atoms with Crippen LogP contribution >= 0.6 is 11.6 Å². The van der Waals surface area contributed by atoms with E-state index >= 15 is 0 Å². The third-order valence-electron chi connectivity index (χ3n) is 6.08. The van der Waals surface area contributed by atoms with Gasteiger partial charge in [-0.25, -0.2) is 0 Å². The topological polar surface area (TPSA) is 68.2 Å². The molecule has 6 nitrogen and oxygen atoms in total. The molecule has 1 saturated carbocycles. The number of nitrogens with zero attached hydrogens (tertiary/aromatic N) is 1. The van der Waals surface area contributed by atoms with Gasteiger partial charge in [0, 0.05) is 29.7 Å². The quantitative estimate of drug-likeness (QED) is 0.832. The zero-order chi connectivity index (χ0) is 20.0. The van der Waals surface area contributed by atoms with E-state index in [1.165, 1.54) is 0 Å². The smallest absolute Gasteiger partial charge is 0.253 e. The predicted molar refractivity (Wildman–Crippen MR) is 107 cm³/mol. The average molecular weight is 416 g/mol. The summed E-state index contributed by atoms with van der Waals surface area (Å²) in [4.78, 5) is 14.7. The predicted octanol–water partition coefficient (Wildman–Crippen LogP) is 3.36. The van der Waals surface area contributed by atoms with Crippen LogP contribution in [-0.2, 0) is 0 Å². The lowest BCUT2D eigenvalue weighted by molar-refractivity contribution is -0.0232. The van der Waals surface area contributed by atoms with E-state index in [4.69, 9.17) is 25.8 Å². The summed E-state index contributed by atoms with van der Waals surface area (Å²) in [6, 6.07) is 12.5. The number of benzene rings is 2. The van der Waals surface area contributed by atoms with Crippen LogP contribution in [0.2, 0.25) is 5.02 Å². The molecule has 1 aliphatic carbocycles. The molecule has 0 spiro atoms. The molecule has 0 radical (unpaired) electrons. The van der Waals surface area contributed by atoms with Gasteiger partial charge in [-0.15, -0.1) is 0 Å². The average Bonchev–Trinajstić information content (AvgIpc) is 3.34. The number of carbonyl (C=O) groups is 1. The largest absolute Gasteiger partial charge is 0.488 e. The molecule has 0 aromatic heterocycles. The van der Waals surface area contributed by atoms with Crippen LogP contribution in [0.15, 0.2) is 42.5 Å². The Hall–Kier alpha value is -2.44. The standard InChI is InChI=1S/C22H22ClNO5/c23-16-3-1-2-13(6-16)22(26)24-10-14-7-18(25)20(8-15(14)11-24)29-17-4-5-19-21(9-17)28-12-27-19/h1-6,9,14-15,18,20,25H,7-8,10-12H2/t14-,15+,18+,20+/m0/s1. The molecule has 2 aromatic carbocycles. The number of hydrogen-bond acceptors (Lipinski definition) is 5. The van der Waals surface area contributed by atoms with Gasteiger partial charge in [-0.3, -0.25) is 4.79 Å². The molecule has 3 aliphatic rings. The van der Waals surface area contributed by atoms with Crippen molar-refractivity contribution in [3.05, 3.63) is 53.1 Å². The van der Waals surface area contributed by atoms with Crippen LogP contribution < -0.4 is 14.2 Å². The van der Waals surface area contributed by atoms with Gasteiger partial charge in [0.1, 0.15) is 11.9 Å². The van der Waals surface area contributed by atoms with Crippen molar-refractivity contribution < 1.29 is 24.1 Å². The molecule has 0 unspecified atom stereocenters. The molecule has 29 heavy (non-hydrogen) atoms. The van der Waals surface area contributed by atoms with Gasteiger partial charge < -0.3 is 24.2 Å². The molecule has 0 bridgehead atoms. The maximum Gasteiger partial charge on any atom is 0.253 e. The van der Waals surface area contributed by atoms with Gasteiger partial charge >= 0.3 is 0 Å². The molecule has 4 atom stereocenters. The molecule has 1 saturated heterocycles. The Morgan fingerprint density at radius 1 is 1.07 bits per heavy atom. The van der Waals surface area contributed by atoms with Crippen molar-refractivity contribution in [2.45, 2.75) is 25.0 Å². The van der Waals surface area contributed by atoms with Gasteiger partial charge in [-0.1, -0.05) is 17.7 Å². The fraction of sp³-hybridized carbons (Fsp3) is 0.409. The lowest BCUT2D eigenvalue weighted by Gasteiger charge is -2.35. The molecule has 2 fully saturated rings. The number of carbonyl (C=O) groups excluding carboxylic acids is 1. The second kappa shape index (κ2) is 7.43. The number of rotatable bonds is 3. The van der Waals surface area contributed by atoms with Crippen LogP contribution in [0.4, 0.5) is 0 Å². The first-order valence-electron chi connectivity index (χ1n) is 9.86. The second-order valence-corrected chi connectivity index (χ2v) is 8.39. The maximum atomic E-state index is 12.9. The van der Waals surface area contributed by atoms with Crippen LogP contribution in [-0.4, -0.2) is 48.0 Å². The lowest BCUT2D eigenvalue weighted by Crippen LogP contribution is -2.42. The van der Waals surface area contributed by atoms with E-state index in [0.29, 0.717) is 59.7 Å². The molecule has 2 heterocycles. The van der Waals surface area contributed by atoms with Crippen molar-refractivity contribution in [1.29, 1.82) is 0 Å². The van der Waals surface area contributed by atoms with E-state index in [-0.39, 0.29) is 24.7 Å². The second-order valence-electron chi connectivity index (χ2n) is 7.95. The third-order valence-corrected chi connectivity index (χ3v) is 6.31. The van der Waals surface area contributed by atoms with Crippen molar-refractivity contribution in [3.63, 3.8) is 0 Å². The lowest BCUT2D eigenvalue weighted by atomic mass is 9.78. The summed E-state index contributed by atoms with van der Waals surface area (Å²) in [5.74, 6) is 2.59. The van der Waals surface area contributed by atoms with Gasteiger partial charge in [-0.05, 0) is 55.0 Å². The minimum absolute atomic E-state index is 0.00960. The van der Waals surface area contributed by atoms with Gasteiger partial charge in [-0.2, -0.15) is 0 Å². The number of likely N-dealkylation sites (tertiary alicyclic amines) is 1. The minimum Gasteiger partial charge on any atom is -0.488 e. The summed E-state index contributed by atoms with van der Waals surface area (Å²) >= 11 is 6.03. The van der Waals surface area contributed by atoms with Crippen molar-refractivity contribution in [2.24, 2.45) is 11.8 Å². The Bertz CT molecular complexity index is 935. The zero-order valence-corrected chi connectivity index (χ0v) is 16.5. The molecular formula is C22H22ClNO5. The molecule has 152 valence electrons. The number of amides is 1. The highest BCUT2D eigenvalue weighted by Gasteiger charge is 2.44.